The lowest BCUT2D eigenvalue weighted by Gasteiger charge is -2.13. The van der Waals surface area contributed by atoms with Crippen molar-refractivity contribution < 1.29 is 14.7 Å². The lowest BCUT2D eigenvalue weighted by atomic mass is 10.2. The molecule has 2 aromatic rings. The standard InChI is InChI=1S/C14H18ClN5O3S/c1-24-8-7-9(14(22)23)16-13(21)4-2-3-11-17-18-12-6-5-10(15)19-20(11)12/h5-6,9H,2-4,7-8H2,1H3,(H,16,21)(H,22,23)/t9-/m0/s1. The lowest BCUT2D eigenvalue weighted by molar-refractivity contribution is -0.141. The number of carboxylic acid groups (broad SMARTS) is 1. The van der Waals surface area contributed by atoms with Crippen LogP contribution in [0.15, 0.2) is 12.1 Å². The van der Waals surface area contributed by atoms with E-state index in [9.17, 15) is 9.59 Å². The Kier molecular flexibility index (Phi) is 6.80. The van der Waals surface area contributed by atoms with Crippen LogP contribution in [0.3, 0.4) is 0 Å². The van der Waals surface area contributed by atoms with Crippen molar-refractivity contribution in [3.05, 3.63) is 23.1 Å². The van der Waals surface area contributed by atoms with Crippen LogP contribution in [0.4, 0.5) is 0 Å². The van der Waals surface area contributed by atoms with Gasteiger partial charge >= 0.3 is 5.97 Å². The zero-order valence-corrected chi connectivity index (χ0v) is 14.7. The van der Waals surface area contributed by atoms with Gasteiger partial charge in [0.2, 0.25) is 5.91 Å². The number of aryl methyl sites for hydroxylation is 1. The summed E-state index contributed by atoms with van der Waals surface area (Å²) in [5.74, 6) is -0.0180. The Morgan fingerprint density at radius 3 is 2.92 bits per heavy atom. The Morgan fingerprint density at radius 1 is 1.42 bits per heavy atom. The molecule has 0 unspecified atom stereocenters. The molecule has 10 heteroatoms. The lowest BCUT2D eigenvalue weighted by Crippen LogP contribution is -2.41. The molecule has 0 bridgehead atoms. The van der Waals surface area contributed by atoms with Crippen molar-refractivity contribution in [3.8, 4) is 0 Å². The second-order valence-corrected chi connectivity index (χ2v) is 6.51. The van der Waals surface area contributed by atoms with Gasteiger partial charge in [0.15, 0.2) is 11.5 Å². The first-order chi connectivity index (χ1) is 11.5. The van der Waals surface area contributed by atoms with Crippen molar-refractivity contribution in [3.63, 3.8) is 0 Å². The van der Waals surface area contributed by atoms with E-state index < -0.39 is 12.0 Å². The maximum absolute atomic E-state index is 11.9. The SMILES string of the molecule is CSCC[C@H](NC(=O)CCCc1nnc2ccc(Cl)nn12)C(=O)O. The summed E-state index contributed by atoms with van der Waals surface area (Å²) in [6.07, 6.45) is 3.50. The number of nitrogens with one attached hydrogen (secondary N) is 1. The van der Waals surface area contributed by atoms with Gasteiger partial charge in [-0.05, 0) is 37.0 Å². The molecule has 0 aliphatic heterocycles. The zero-order chi connectivity index (χ0) is 17.5. The fourth-order valence-corrected chi connectivity index (χ4v) is 2.74. The van der Waals surface area contributed by atoms with Crippen molar-refractivity contribution in [2.75, 3.05) is 12.0 Å². The first kappa shape index (κ1) is 18.5. The van der Waals surface area contributed by atoms with E-state index in [0.717, 1.165) is 0 Å². The van der Waals surface area contributed by atoms with Crippen LogP contribution in [-0.4, -0.2) is 54.8 Å². The number of rotatable bonds is 9. The third-order valence-electron chi connectivity index (χ3n) is 3.34. The van der Waals surface area contributed by atoms with Crippen LogP contribution >= 0.6 is 23.4 Å². The summed E-state index contributed by atoms with van der Waals surface area (Å²) in [6.45, 7) is 0. The number of hydrogen-bond donors (Lipinski definition) is 2. The summed E-state index contributed by atoms with van der Waals surface area (Å²) in [7, 11) is 0. The molecule has 0 aromatic carbocycles. The molecule has 2 N–H and O–H groups in total. The van der Waals surface area contributed by atoms with E-state index in [1.807, 2.05) is 6.26 Å². The number of thioether (sulfide) groups is 1. The minimum absolute atomic E-state index is 0.207. The number of carboxylic acids is 1. The molecule has 0 spiro atoms. The van der Waals surface area contributed by atoms with Crippen LogP contribution in [-0.2, 0) is 16.0 Å². The molecule has 0 fully saturated rings. The normalized spacial score (nSPS) is 12.2. The Morgan fingerprint density at radius 2 is 2.21 bits per heavy atom. The smallest absolute Gasteiger partial charge is 0.326 e. The molecule has 130 valence electrons. The molecular weight excluding hydrogens is 354 g/mol. The predicted octanol–water partition coefficient (Wildman–Crippen LogP) is 1.42. The molecule has 2 aromatic heterocycles. The van der Waals surface area contributed by atoms with Crippen LogP contribution in [0, 0.1) is 0 Å². The fraction of sp³-hybridized carbons (Fsp3) is 0.500. The van der Waals surface area contributed by atoms with Crippen LogP contribution in [0.1, 0.15) is 25.1 Å². The molecule has 0 aliphatic carbocycles. The molecule has 1 atom stereocenters. The summed E-state index contributed by atoms with van der Waals surface area (Å²) in [5, 5.41) is 24.1. The van der Waals surface area contributed by atoms with Crippen LogP contribution in [0.2, 0.25) is 5.15 Å². The van der Waals surface area contributed by atoms with Gasteiger partial charge in [-0.1, -0.05) is 11.6 Å². The maximum atomic E-state index is 11.9. The summed E-state index contributed by atoms with van der Waals surface area (Å²) in [5.41, 5.74) is 0.585. The van der Waals surface area contributed by atoms with E-state index in [-0.39, 0.29) is 12.3 Å². The Hall–Kier alpha value is -1.87. The average molecular weight is 372 g/mol. The van der Waals surface area contributed by atoms with Gasteiger partial charge in [0.25, 0.3) is 0 Å². The van der Waals surface area contributed by atoms with Crippen molar-refractivity contribution >= 4 is 40.9 Å². The first-order valence-electron chi connectivity index (χ1n) is 7.39. The van der Waals surface area contributed by atoms with E-state index in [1.165, 1.54) is 0 Å². The second kappa shape index (κ2) is 8.84. The highest BCUT2D eigenvalue weighted by molar-refractivity contribution is 7.98. The third-order valence-corrected chi connectivity index (χ3v) is 4.19. The van der Waals surface area contributed by atoms with Gasteiger partial charge in [-0.3, -0.25) is 4.79 Å². The third kappa shape index (κ3) is 5.07. The monoisotopic (exact) mass is 371 g/mol. The Labute approximate surface area is 148 Å². The van der Waals surface area contributed by atoms with E-state index >= 15 is 0 Å². The van der Waals surface area contributed by atoms with E-state index in [2.05, 4.69) is 20.6 Å². The molecule has 2 rings (SSSR count). The van der Waals surface area contributed by atoms with Crippen molar-refractivity contribution in [1.29, 1.82) is 0 Å². The fourth-order valence-electron chi connectivity index (χ4n) is 2.13. The van der Waals surface area contributed by atoms with Crippen molar-refractivity contribution in [1.82, 2.24) is 25.1 Å². The van der Waals surface area contributed by atoms with Crippen LogP contribution < -0.4 is 5.32 Å². The summed E-state index contributed by atoms with van der Waals surface area (Å²) in [4.78, 5) is 23.0. The van der Waals surface area contributed by atoms with Gasteiger partial charge in [0.05, 0.1) is 0 Å². The number of aromatic nitrogens is 4. The van der Waals surface area contributed by atoms with Crippen molar-refractivity contribution in [2.24, 2.45) is 0 Å². The minimum Gasteiger partial charge on any atom is -0.480 e. The topological polar surface area (TPSA) is 109 Å². The first-order valence-corrected chi connectivity index (χ1v) is 9.16. The summed E-state index contributed by atoms with van der Waals surface area (Å²) < 4.78 is 1.54. The molecule has 0 saturated carbocycles. The molecule has 24 heavy (non-hydrogen) atoms. The number of halogens is 1. The molecule has 1 amide bonds. The van der Waals surface area contributed by atoms with Gasteiger partial charge in [-0.2, -0.15) is 21.4 Å². The van der Waals surface area contributed by atoms with Gasteiger partial charge in [0.1, 0.15) is 11.2 Å². The zero-order valence-electron chi connectivity index (χ0n) is 13.1. The van der Waals surface area contributed by atoms with Gasteiger partial charge in [-0.15, -0.1) is 10.2 Å². The Balaban J connectivity index is 1.85. The molecule has 8 nitrogen and oxygen atoms in total. The summed E-state index contributed by atoms with van der Waals surface area (Å²) >= 11 is 7.39. The largest absolute Gasteiger partial charge is 0.480 e. The average Bonchev–Trinajstić information content (AvgIpc) is 2.93. The van der Waals surface area contributed by atoms with Gasteiger partial charge < -0.3 is 10.4 Å². The highest BCUT2D eigenvalue weighted by Crippen LogP contribution is 2.09. The predicted molar refractivity (Wildman–Crippen MR) is 91.3 cm³/mol. The number of fused-ring (bicyclic) bond motifs is 1. The van der Waals surface area contributed by atoms with Gasteiger partial charge in [0, 0.05) is 12.8 Å². The van der Waals surface area contributed by atoms with E-state index in [1.54, 1.807) is 28.4 Å². The van der Waals surface area contributed by atoms with Gasteiger partial charge in [-0.25, -0.2) is 4.79 Å². The van der Waals surface area contributed by atoms with Crippen LogP contribution in [0.5, 0.6) is 0 Å². The quantitative estimate of drug-likeness (QED) is 0.686. The van der Waals surface area contributed by atoms with Crippen molar-refractivity contribution in [2.45, 2.75) is 31.7 Å². The molecule has 0 aliphatic rings. The number of hydrogen-bond acceptors (Lipinski definition) is 6. The number of carbonyl (C=O) groups is 2. The highest BCUT2D eigenvalue weighted by Gasteiger charge is 2.19. The minimum atomic E-state index is -1.01. The van der Waals surface area contributed by atoms with E-state index in [4.69, 9.17) is 16.7 Å². The number of carbonyl (C=O) groups excluding carboxylic acids is 1. The Bertz CT molecular complexity index is 723. The molecule has 2 heterocycles. The molecule has 0 radical (unpaired) electrons. The highest BCUT2D eigenvalue weighted by atomic mass is 35.5. The van der Waals surface area contributed by atoms with E-state index in [0.29, 0.717) is 41.6 Å². The molecular formula is C14H18ClN5O3S. The van der Waals surface area contributed by atoms with Crippen LogP contribution in [0.25, 0.3) is 5.65 Å². The summed E-state index contributed by atoms with van der Waals surface area (Å²) in [6, 6.07) is 2.49. The number of aliphatic carboxylic acids is 1. The maximum Gasteiger partial charge on any atom is 0.326 e. The second-order valence-electron chi connectivity index (χ2n) is 5.14. The number of amides is 1. The molecule has 0 saturated heterocycles. The number of nitrogens with zero attached hydrogens (tertiary/aromatic N) is 4.